The summed E-state index contributed by atoms with van der Waals surface area (Å²) in [7, 11) is 0. The molecule has 5 heteroatoms. The van der Waals surface area contributed by atoms with E-state index in [4.69, 9.17) is 5.84 Å². The Labute approximate surface area is 113 Å². The molecule has 90 valence electrons. The second kappa shape index (κ2) is 6.26. The maximum absolute atomic E-state index is 5.60. The third-order valence-corrected chi connectivity index (χ3v) is 4.26. The molecule has 0 aromatic carbocycles. The van der Waals surface area contributed by atoms with Gasteiger partial charge in [0.25, 0.3) is 0 Å². The van der Waals surface area contributed by atoms with Crippen molar-refractivity contribution in [3.8, 4) is 0 Å². The maximum atomic E-state index is 5.60. The van der Waals surface area contributed by atoms with Gasteiger partial charge in [0.2, 0.25) is 0 Å². The molecular weight excluding hydrogens is 298 g/mol. The lowest BCUT2D eigenvalue weighted by Crippen LogP contribution is -2.38. The van der Waals surface area contributed by atoms with E-state index in [0.29, 0.717) is 0 Å². The van der Waals surface area contributed by atoms with Gasteiger partial charge in [0.05, 0.1) is 0 Å². The summed E-state index contributed by atoms with van der Waals surface area (Å²) in [4.78, 5) is 5.34. The first-order chi connectivity index (χ1) is 8.28. The first-order valence-corrected chi connectivity index (χ1v) is 7.03. The third kappa shape index (κ3) is 3.89. The van der Waals surface area contributed by atoms with Crippen molar-refractivity contribution >= 4 is 27.3 Å². The summed E-state index contributed by atoms with van der Waals surface area (Å²) in [5, 5.41) is 2.09. The zero-order valence-corrected chi connectivity index (χ0v) is 11.7. The zero-order chi connectivity index (χ0) is 12.1. The zero-order valence-electron chi connectivity index (χ0n) is 9.27. The third-order valence-electron chi connectivity index (χ3n) is 2.54. The quantitative estimate of drug-likeness (QED) is 0.659. The lowest BCUT2D eigenvalue weighted by atomic mass is 10.0. The highest BCUT2D eigenvalue weighted by Gasteiger charge is 2.10. The van der Waals surface area contributed by atoms with E-state index in [1.807, 2.05) is 24.5 Å². The van der Waals surface area contributed by atoms with Gasteiger partial charge < -0.3 is 0 Å². The molecular formula is C12H14BrN3S. The van der Waals surface area contributed by atoms with Gasteiger partial charge >= 0.3 is 0 Å². The predicted molar refractivity (Wildman–Crippen MR) is 74.8 cm³/mol. The highest BCUT2D eigenvalue weighted by molar-refractivity contribution is 9.10. The van der Waals surface area contributed by atoms with Gasteiger partial charge in [-0.15, -0.1) is 11.3 Å². The Bertz CT molecular complexity index is 458. The van der Waals surface area contributed by atoms with Gasteiger partial charge in [-0.3, -0.25) is 16.3 Å². The van der Waals surface area contributed by atoms with Crippen LogP contribution in [0.15, 0.2) is 40.4 Å². The minimum atomic E-state index is 0.253. The van der Waals surface area contributed by atoms with Crippen LogP contribution in [0.4, 0.5) is 0 Å². The molecule has 3 nitrogen and oxygen atoms in total. The van der Waals surface area contributed by atoms with Crippen LogP contribution < -0.4 is 11.3 Å². The Morgan fingerprint density at radius 1 is 1.35 bits per heavy atom. The Balaban J connectivity index is 1.98. The number of thiophene rings is 1. The second-order valence-corrected chi connectivity index (χ2v) is 5.77. The molecule has 0 saturated heterocycles. The Hall–Kier alpha value is -0.750. The molecule has 0 aliphatic heterocycles. The van der Waals surface area contributed by atoms with Crippen LogP contribution in [-0.2, 0) is 12.8 Å². The van der Waals surface area contributed by atoms with Crippen LogP contribution in [0.1, 0.15) is 10.4 Å². The number of pyridine rings is 1. The van der Waals surface area contributed by atoms with Crippen molar-refractivity contribution in [2.45, 2.75) is 18.9 Å². The Kier molecular flexibility index (Phi) is 4.67. The molecule has 0 radical (unpaired) electrons. The molecule has 2 rings (SSSR count). The Morgan fingerprint density at radius 3 is 2.71 bits per heavy atom. The summed E-state index contributed by atoms with van der Waals surface area (Å²) >= 11 is 5.21. The lowest BCUT2D eigenvalue weighted by molar-refractivity contribution is 0.525. The molecule has 1 atom stereocenters. The minimum absolute atomic E-state index is 0.253. The summed E-state index contributed by atoms with van der Waals surface area (Å²) in [6.07, 6.45) is 5.47. The van der Waals surface area contributed by atoms with E-state index >= 15 is 0 Å². The first-order valence-electron chi connectivity index (χ1n) is 5.36. The number of aromatic nitrogens is 1. The van der Waals surface area contributed by atoms with Crippen molar-refractivity contribution in [3.63, 3.8) is 0 Å². The number of nitrogens with zero attached hydrogens (tertiary/aromatic N) is 1. The van der Waals surface area contributed by atoms with Crippen molar-refractivity contribution in [2.24, 2.45) is 5.84 Å². The van der Waals surface area contributed by atoms with E-state index in [1.165, 1.54) is 10.4 Å². The van der Waals surface area contributed by atoms with Crippen molar-refractivity contribution in [1.82, 2.24) is 10.4 Å². The van der Waals surface area contributed by atoms with Crippen LogP contribution in [0.3, 0.4) is 0 Å². The summed E-state index contributed by atoms with van der Waals surface area (Å²) in [6.45, 7) is 0. The summed E-state index contributed by atoms with van der Waals surface area (Å²) in [6, 6.07) is 6.44. The molecule has 0 aliphatic rings. The van der Waals surface area contributed by atoms with Gasteiger partial charge in [0.1, 0.15) is 0 Å². The van der Waals surface area contributed by atoms with Crippen LogP contribution in [0.5, 0.6) is 0 Å². The van der Waals surface area contributed by atoms with Crippen LogP contribution >= 0.6 is 27.3 Å². The van der Waals surface area contributed by atoms with Gasteiger partial charge in [0, 0.05) is 33.2 Å². The van der Waals surface area contributed by atoms with Gasteiger partial charge in [-0.05, 0) is 52.5 Å². The molecule has 2 aromatic heterocycles. The molecule has 0 spiro atoms. The monoisotopic (exact) mass is 311 g/mol. The minimum Gasteiger partial charge on any atom is -0.271 e. The van der Waals surface area contributed by atoms with Crippen molar-refractivity contribution in [1.29, 1.82) is 0 Å². The molecule has 1 unspecified atom stereocenters. The van der Waals surface area contributed by atoms with Gasteiger partial charge in [-0.25, -0.2) is 0 Å². The van der Waals surface area contributed by atoms with Gasteiger partial charge in [-0.1, -0.05) is 0 Å². The SMILES string of the molecule is NNC(Cc1ccncc1)Cc1cc(Br)cs1. The molecule has 2 heterocycles. The van der Waals surface area contributed by atoms with E-state index in [2.05, 4.69) is 37.8 Å². The van der Waals surface area contributed by atoms with Crippen LogP contribution in [0, 0.1) is 0 Å². The Morgan fingerprint density at radius 2 is 2.12 bits per heavy atom. The number of rotatable bonds is 5. The molecule has 17 heavy (non-hydrogen) atoms. The topological polar surface area (TPSA) is 50.9 Å². The standard InChI is InChI=1S/C12H14BrN3S/c13-10-6-12(17-8-10)7-11(16-14)5-9-1-3-15-4-2-9/h1-4,6,8,11,16H,5,7,14H2. The van der Waals surface area contributed by atoms with E-state index in [0.717, 1.165) is 17.3 Å². The van der Waals surface area contributed by atoms with E-state index in [9.17, 15) is 0 Å². The van der Waals surface area contributed by atoms with E-state index in [1.54, 1.807) is 11.3 Å². The van der Waals surface area contributed by atoms with Gasteiger partial charge in [0.15, 0.2) is 0 Å². The van der Waals surface area contributed by atoms with Crippen LogP contribution in [0.25, 0.3) is 0 Å². The molecule has 0 bridgehead atoms. The summed E-state index contributed by atoms with van der Waals surface area (Å²) in [5.74, 6) is 5.60. The summed E-state index contributed by atoms with van der Waals surface area (Å²) < 4.78 is 1.14. The molecule has 2 aromatic rings. The average molecular weight is 312 g/mol. The smallest absolute Gasteiger partial charge is 0.0299 e. The molecule has 0 aliphatic carbocycles. The second-order valence-electron chi connectivity index (χ2n) is 3.86. The van der Waals surface area contributed by atoms with Crippen molar-refractivity contribution in [2.75, 3.05) is 0 Å². The molecule has 3 N–H and O–H groups in total. The largest absolute Gasteiger partial charge is 0.271 e. The number of hydrogen-bond acceptors (Lipinski definition) is 4. The fourth-order valence-electron chi connectivity index (χ4n) is 1.70. The van der Waals surface area contributed by atoms with E-state index in [-0.39, 0.29) is 6.04 Å². The highest BCUT2D eigenvalue weighted by Crippen LogP contribution is 2.21. The lowest BCUT2D eigenvalue weighted by Gasteiger charge is -2.14. The van der Waals surface area contributed by atoms with Crippen LogP contribution in [0.2, 0.25) is 0 Å². The maximum Gasteiger partial charge on any atom is 0.0299 e. The first kappa shape index (κ1) is 12.7. The molecule has 0 saturated carbocycles. The molecule has 0 fully saturated rings. The van der Waals surface area contributed by atoms with Gasteiger partial charge in [-0.2, -0.15) is 0 Å². The average Bonchev–Trinajstić information content (AvgIpc) is 2.75. The fourth-order valence-corrected chi connectivity index (χ4v) is 3.23. The normalized spacial score (nSPS) is 12.6. The predicted octanol–water partition coefficient (Wildman–Crippen LogP) is 2.52. The molecule has 0 amide bonds. The number of halogens is 1. The van der Waals surface area contributed by atoms with Crippen molar-refractivity contribution in [3.05, 3.63) is 50.9 Å². The number of hydrogen-bond donors (Lipinski definition) is 2. The highest BCUT2D eigenvalue weighted by atomic mass is 79.9. The van der Waals surface area contributed by atoms with E-state index < -0.39 is 0 Å². The van der Waals surface area contributed by atoms with Crippen molar-refractivity contribution < 1.29 is 0 Å². The van der Waals surface area contributed by atoms with Crippen LogP contribution in [-0.4, -0.2) is 11.0 Å². The summed E-state index contributed by atoms with van der Waals surface area (Å²) in [5.41, 5.74) is 4.13. The number of nitrogens with one attached hydrogen (secondary N) is 1. The number of nitrogens with two attached hydrogens (primary N) is 1. The number of hydrazine groups is 1. The fraction of sp³-hybridized carbons (Fsp3) is 0.250.